The van der Waals surface area contributed by atoms with Gasteiger partial charge in [0.2, 0.25) is 11.8 Å². The molecule has 0 radical (unpaired) electrons. The standard InChI is InChI=1S/C20H34N3O6P/c1-14(2)12-17(22-10-5-11-30(26,27)28)20(25)23(3)18(19(21)24)13-15-6-8-16(29-4)9-7-15/h6-9,14,17-18,22H,5,10-13H2,1-4H3,(H2,21,24)(H2,26,27,28)/t17-,18-/m0/s1. The van der Waals surface area contributed by atoms with Crippen molar-refractivity contribution < 1.29 is 28.7 Å². The molecule has 0 fully saturated rings. The molecule has 5 N–H and O–H groups in total. The van der Waals surface area contributed by atoms with Crippen molar-refractivity contribution in [2.45, 2.75) is 45.2 Å². The molecule has 0 aliphatic heterocycles. The number of primary amides is 1. The molecule has 0 saturated heterocycles. The maximum atomic E-state index is 13.1. The summed E-state index contributed by atoms with van der Waals surface area (Å²) in [6.45, 7) is 4.23. The Morgan fingerprint density at radius 1 is 1.23 bits per heavy atom. The van der Waals surface area contributed by atoms with E-state index in [1.54, 1.807) is 26.3 Å². The normalized spacial score (nSPS) is 13.7. The summed E-state index contributed by atoms with van der Waals surface area (Å²) >= 11 is 0. The fraction of sp³-hybridized carbons (Fsp3) is 0.600. The largest absolute Gasteiger partial charge is 0.497 e. The highest BCUT2D eigenvalue weighted by molar-refractivity contribution is 7.51. The first-order valence-corrected chi connectivity index (χ1v) is 11.7. The van der Waals surface area contributed by atoms with Crippen LogP contribution < -0.4 is 15.8 Å². The topological polar surface area (TPSA) is 142 Å². The average molecular weight is 443 g/mol. The van der Waals surface area contributed by atoms with Crippen molar-refractivity contribution in [2.24, 2.45) is 11.7 Å². The van der Waals surface area contributed by atoms with Gasteiger partial charge in [0.15, 0.2) is 0 Å². The highest BCUT2D eigenvalue weighted by atomic mass is 31.2. The maximum absolute atomic E-state index is 13.1. The quantitative estimate of drug-likeness (QED) is 0.264. The van der Waals surface area contributed by atoms with Crippen LogP contribution in [0.2, 0.25) is 0 Å². The molecule has 0 aromatic heterocycles. The van der Waals surface area contributed by atoms with E-state index in [4.69, 9.17) is 20.3 Å². The first-order chi connectivity index (χ1) is 13.9. The van der Waals surface area contributed by atoms with Gasteiger partial charge in [-0.05, 0) is 43.0 Å². The minimum Gasteiger partial charge on any atom is -0.497 e. The lowest BCUT2D eigenvalue weighted by molar-refractivity contribution is -0.139. The van der Waals surface area contributed by atoms with E-state index in [2.05, 4.69) is 5.32 Å². The van der Waals surface area contributed by atoms with Crippen LogP contribution in [0.1, 0.15) is 32.3 Å². The number of nitrogens with zero attached hydrogens (tertiary/aromatic N) is 1. The second kappa shape index (κ2) is 12.1. The number of methoxy groups -OCH3 is 1. The van der Waals surface area contributed by atoms with Crippen LogP contribution in [-0.4, -0.2) is 65.4 Å². The van der Waals surface area contributed by atoms with Gasteiger partial charge in [-0.15, -0.1) is 0 Å². The van der Waals surface area contributed by atoms with Crippen molar-refractivity contribution in [1.82, 2.24) is 10.2 Å². The number of carbonyl (C=O) groups is 2. The first kappa shape index (κ1) is 26.1. The van der Waals surface area contributed by atoms with Crippen molar-refractivity contribution in [3.05, 3.63) is 29.8 Å². The lowest BCUT2D eigenvalue weighted by Gasteiger charge is -2.31. The number of carbonyl (C=O) groups excluding carboxylic acids is 2. The summed E-state index contributed by atoms with van der Waals surface area (Å²) in [6.07, 6.45) is 0.780. The second-order valence-electron chi connectivity index (χ2n) is 7.80. The molecule has 0 saturated carbocycles. The highest BCUT2D eigenvalue weighted by Crippen LogP contribution is 2.34. The van der Waals surface area contributed by atoms with Crippen LogP contribution >= 0.6 is 7.60 Å². The number of benzene rings is 1. The molecule has 0 unspecified atom stereocenters. The molecule has 2 amide bonds. The van der Waals surface area contributed by atoms with Gasteiger partial charge in [-0.2, -0.15) is 0 Å². The van der Waals surface area contributed by atoms with Crippen LogP contribution in [0.3, 0.4) is 0 Å². The van der Waals surface area contributed by atoms with Gasteiger partial charge in [-0.3, -0.25) is 14.2 Å². The summed E-state index contributed by atoms with van der Waals surface area (Å²) in [7, 11) is -0.963. The number of amides is 2. The van der Waals surface area contributed by atoms with Gasteiger partial charge in [0.25, 0.3) is 0 Å². The Labute approximate surface area is 178 Å². The summed E-state index contributed by atoms with van der Waals surface area (Å²) in [5, 5.41) is 3.07. The fourth-order valence-corrected chi connectivity index (χ4v) is 3.69. The molecular weight excluding hydrogens is 409 g/mol. The lowest BCUT2D eigenvalue weighted by Crippen LogP contribution is -2.53. The van der Waals surface area contributed by atoms with Crippen LogP contribution in [0.25, 0.3) is 0 Å². The van der Waals surface area contributed by atoms with Crippen molar-refractivity contribution in [3.63, 3.8) is 0 Å². The van der Waals surface area contributed by atoms with Crippen molar-refractivity contribution in [2.75, 3.05) is 26.9 Å². The summed E-state index contributed by atoms with van der Waals surface area (Å²) in [5.41, 5.74) is 6.43. The Hall–Kier alpha value is -1.93. The minimum atomic E-state index is -4.08. The zero-order valence-electron chi connectivity index (χ0n) is 18.1. The number of nitrogens with two attached hydrogens (primary N) is 1. The molecule has 0 bridgehead atoms. The summed E-state index contributed by atoms with van der Waals surface area (Å²) < 4.78 is 16.1. The average Bonchev–Trinajstić information content (AvgIpc) is 2.66. The Morgan fingerprint density at radius 2 is 1.83 bits per heavy atom. The van der Waals surface area contributed by atoms with Crippen molar-refractivity contribution >= 4 is 19.4 Å². The van der Waals surface area contributed by atoms with E-state index in [1.165, 1.54) is 4.90 Å². The molecule has 1 aromatic carbocycles. The molecule has 170 valence electrons. The van der Waals surface area contributed by atoms with Crippen LogP contribution in [-0.2, 0) is 20.6 Å². The predicted molar refractivity (Wildman–Crippen MR) is 115 cm³/mol. The number of rotatable bonds is 13. The van der Waals surface area contributed by atoms with E-state index < -0.39 is 25.6 Å². The van der Waals surface area contributed by atoms with Crippen molar-refractivity contribution in [1.29, 1.82) is 0 Å². The third-order valence-corrected chi connectivity index (χ3v) is 5.65. The number of nitrogens with one attached hydrogen (secondary N) is 1. The monoisotopic (exact) mass is 443 g/mol. The van der Waals surface area contributed by atoms with Gasteiger partial charge in [-0.1, -0.05) is 26.0 Å². The van der Waals surface area contributed by atoms with Crippen LogP contribution in [0, 0.1) is 5.92 Å². The smallest absolute Gasteiger partial charge is 0.325 e. The molecule has 0 spiro atoms. The minimum absolute atomic E-state index is 0.204. The van der Waals surface area contributed by atoms with Crippen molar-refractivity contribution in [3.8, 4) is 5.75 Å². The van der Waals surface area contributed by atoms with E-state index in [9.17, 15) is 14.2 Å². The molecule has 9 nitrogen and oxygen atoms in total. The van der Waals surface area contributed by atoms with Gasteiger partial charge >= 0.3 is 7.60 Å². The third-order valence-electron chi connectivity index (χ3n) is 4.75. The summed E-state index contributed by atoms with van der Waals surface area (Å²) in [4.78, 5) is 44.5. The zero-order chi connectivity index (χ0) is 22.9. The van der Waals surface area contributed by atoms with Crippen LogP contribution in [0.4, 0.5) is 0 Å². The third kappa shape index (κ3) is 9.26. The molecule has 10 heteroatoms. The van der Waals surface area contributed by atoms with Gasteiger partial charge in [0, 0.05) is 13.5 Å². The molecule has 30 heavy (non-hydrogen) atoms. The van der Waals surface area contributed by atoms with Gasteiger partial charge in [0.05, 0.1) is 19.3 Å². The Morgan fingerprint density at radius 3 is 2.30 bits per heavy atom. The lowest BCUT2D eigenvalue weighted by atomic mass is 10.00. The SMILES string of the molecule is COc1ccc(C[C@@H](C(N)=O)N(C)C(=O)[C@H](CC(C)C)NCCCP(=O)(O)O)cc1. The van der Waals surface area contributed by atoms with E-state index in [0.29, 0.717) is 12.2 Å². The van der Waals surface area contributed by atoms with E-state index in [0.717, 1.165) is 5.56 Å². The first-order valence-electron chi connectivity index (χ1n) is 9.91. The fourth-order valence-electron chi connectivity index (χ4n) is 3.12. The predicted octanol–water partition coefficient (Wildman–Crippen LogP) is 1.12. The Bertz CT molecular complexity index is 735. The Balaban J connectivity index is 2.86. The molecule has 0 heterocycles. The van der Waals surface area contributed by atoms with E-state index >= 15 is 0 Å². The molecule has 1 rings (SSSR count). The van der Waals surface area contributed by atoms with Gasteiger partial charge in [0.1, 0.15) is 11.8 Å². The number of hydrogen-bond donors (Lipinski definition) is 4. The number of ether oxygens (including phenoxy) is 1. The zero-order valence-corrected chi connectivity index (χ0v) is 19.0. The van der Waals surface area contributed by atoms with Crippen LogP contribution in [0.5, 0.6) is 5.75 Å². The number of hydrogen-bond acceptors (Lipinski definition) is 5. The molecule has 2 atom stereocenters. The summed E-state index contributed by atoms with van der Waals surface area (Å²) in [6, 6.07) is 5.79. The highest BCUT2D eigenvalue weighted by Gasteiger charge is 2.30. The van der Waals surface area contributed by atoms with Crippen LogP contribution in [0.15, 0.2) is 24.3 Å². The summed E-state index contributed by atoms with van der Waals surface area (Å²) in [5.74, 6) is 0.00853. The van der Waals surface area contributed by atoms with Gasteiger partial charge < -0.3 is 30.5 Å². The maximum Gasteiger partial charge on any atom is 0.325 e. The van der Waals surface area contributed by atoms with Gasteiger partial charge in [-0.25, -0.2) is 0 Å². The molecular formula is C20H34N3O6P. The Kier molecular flexibility index (Phi) is 10.5. The van der Waals surface area contributed by atoms with E-state index in [1.807, 2.05) is 26.0 Å². The number of likely N-dealkylation sites (N-methyl/N-ethyl adjacent to an activating group) is 1. The van der Waals surface area contributed by atoms with E-state index in [-0.39, 0.29) is 37.4 Å². The molecule has 1 aromatic rings. The molecule has 0 aliphatic rings. The second-order valence-corrected chi connectivity index (χ2v) is 9.57. The molecule has 0 aliphatic carbocycles.